The molecule has 1 aromatic rings. The summed E-state index contributed by atoms with van der Waals surface area (Å²) in [6.07, 6.45) is 1.01. The Morgan fingerprint density at radius 2 is 2.00 bits per heavy atom. The van der Waals surface area contributed by atoms with E-state index in [-0.39, 0.29) is 12.1 Å². The summed E-state index contributed by atoms with van der Waals surface area (Å²) in [6.45, 7) is 6.78. The van der Waals surface area contributed by atoms with Crippen LogP contribution in [0.2, 0.25) is 0 Å². The lowest BCUT2D eigenvalue weighted by molar-refractivity contribution is 0.134. The van der Waals surface area contributed by atoms with Crippen molar-refractivity contribution in [3.8, 4) is 5.75 Å². The molecule has 0 saturated heterocycles. The second-order valence-corrected chi connectivity index (χ2v) is 4.54. The smallest absolute Gasteiger partial charge is 0.124 e. The molecule has 0 aliphatic rings. The highest BCUT2D eigenvalue weighted by atomic mass is 16.5. The molecule has 0 amide bonds. The van der Waals surface area contributed by atoms with Crippen LogP contribution in [0.5, 0.6) is 5.75 Å². The molecule has 0 bridgehead atoms. The number of ether oxygens (including phenoxy) is 2. The Kier molecular flexibility index (Phi) is 5.45. The molecule has 2 atom stereocenters. The zero-order valence-electron chi connectivity index (χ0n) is 11.2. The minimum Gasteiger partial charge on any atom is -0.490 e. The van der Waals surface area contributed by atoms with Crippen LogP contribution in [0.1, 0.15) is 37.4 Å². The van der Waals surface area contributed by atoms with E-state index in [9.17, 15) is 0 Å². The Labute approximate surface area is 104 Å². The van der Waals surface area contributed by atoms with Crippen molar-refractivity contribution in [2.24, 2.45) is 5.73 Å². The van der Waals surface area contributed by atoms with Crippen molar-refractivity contribution in [2.45, 2.75) is 39.3 Å². The minimum absolute atomic E-state index is 0.0137. The van der Waals surface area contributed by atoms with Crippen molar-refractivity contribution in [1.82, 2.24) is 0 Å². The topological polar surface area (TPSA) is 44.5 Å². The van der Waals surface area contributed by atoms with E-state index >= 15 is 0 Å². The molecule has 0 spiro atoms. The highest BCUT2D eigenvalue weighted by Crippen LogP contribution is 2.26. The summed E-state index contributed by atoms with van der Waals surface area (Å²) in [6, 6.07) is 6.13. The Morgan fingerprint density at radius 3 is 2.59 bits per heavy atom. The lowest BCUT2D eigenvalue weighted by Crippen LogP contribution is -2.17. The summed E-state index contributed by atoms with van der Waals surface area (Å²) in [4.78, 5) is 0. The third-order valence-electron chi connectivity index (χ3n) is 2.72. The first kappa shape index (κ1) is 14.0. The first-order chi connectivity index (χ1) is 8.04. The van der Waals surface area contributed by atoms with Gasteiger partial charge in [0.25, 0.3) is 0 Å². The van der Waals surface area contributed by atoms with Gasteiger partial charge in [0.1, 0.15) is 5.75 Å². The maximum Gasteiger partial charge on any atom is 0.124 e. The predicted molar refractivity (Wildman–Crippen MR) is 70.4 cm³/mol. The Bertz CT molecular complexity index is 350. The van der Waals surface area contributed by atoms with Gasteiger partial charge >= 0.3 is 0 Å². The first-order valence-corrected chi connectivity index (χ1v) is 6.06. The number of hydrogen-bond donors (Lipinski definition) is 1. The summed E-state index contributed by atoms with van der Waals surface area (Å²) in [7, 11) is 1.70. The fourth-order valence-electron chi connectivity index (χ4n) is 1.68. The average molecular weight is 237 g/mol. The van der Waals surface area contributed by atoms with Crippen LogP contribution in [0, 0.1) is 6.92 Å². The molecule has 0 aromatic heterocycles. The number of benzene rings is 1. The maximum atomic E-state index is 5.94. The van der Waals surface area contributed by atoms with Gasteiger partial charge in [-0.05, 0) is 32.4 Å². The SMILES string of the molecule is COCCC(C)Oc1cc(C)ccc1[C@@H](C)N. The van der Waals surface area contributed by atoms with Gasteiger partial charge in [-0.15, -0.1) is 0 Å². The highest BCUT2D eigenvalue weighted by Gasteiger charge is 2.11. The van der Waals surface area contributed by atoms with Gasteiger partial charge in [0.2, 0.25) is 0 Å². The van der Waals surface area contributed by atoms with Crippen molar-refractivity contribution in [3.63, 3.8) is 0 Å². The molecule has 96 valence electrons. The molecule has 3 heteroatoms. The molecule has 3 nitrogen and oxygen atoms in total. The second-order valence-electron chi connectivity index (χ2n) is 4.54. The molecule has 1 unspecified atom stereocenters. The standard InChI is InChI=1S/C14H23NO2/c1-10-5-6-13(12(3)15)14(9-10)17-11(2)7-8-16-4/h5-6,9,11-12H,7-8,15H2,1-4H3/t11?,12-/m1/s1. The van der Waals surface area contributed by atoms with Crippen LogP contribution in [0.25, 0.3) is 0 Å². The number of nitrogens with two attached hydrogens (primary N) is 1. The molecular weight excluding hydrogens is 214 g/mol. The summed E-state index contributed by atoms with van der Waals surface area (Å²) in [5, 5.41) is 0. The van der Waals surface area contributed by atoms with Crippen molar-refractivity contribution in [1.29, 1.82) is 0 Å². The van der Waals surface area contributed by atoms with Crippen LogP contribution >= 0.6 is 0 Å². The quantitative estimate of drug-likeness (QED) is 0.827. The Balaban J connectivity index is 2.77. The fraction of sp³-hybridized carbons (Fsp3) is 0.571. The van der Waals surface area contributed by atoms with E-state index in [1.165, 1.54) is 5.56 Å². The van der Waals surface area contributed by atoms with Crippen molar-refractivity contribution >= 4 is 0 Å². The normalized spacial score (nSPS) is 14.4. The highest BCUT2D eigenvalue weighted by molar-refractivity contribution is 5.39. The molecule has 1 aromatic carbocycles. The van der Waals surface area contributed by atoms with Gasteiger partial charge in [-0.3, -0.25) is 0 Å². The number of methoxy groups -OCH3 is 1. The second kappa shape index (κ2) is 6.62. The van der Waals surface area contributed by atoms with Crippen LogP contribution in [0.3, 0.4) is 0 Å². The van der Waals surface area contributed by atoms with Gasteiger partial charge in [-0.25, -0.2) is 0 Å². The van der Waals surface area contributed by atoms with Crippen LogP contribution in [-0.4, -0.2) is 19.8 Å². The van der Waals surface area contributed by atoms with Crippen molar-refractivity contribution in [3.05, 3.63) is 29.3 Å². The average Bonchev–Trinajstić information content (AvgIpc) is 2.26. The lowest BCUT2D eigenvalue weighted by Gasteiger charge is -2.19. The predicted octanol–water partition coefficient (Wildman–Crippen LogP) is 2.82. The van der Waals surface area contributed by atoms with Gasteiger partial charge in [-0.1, -0.05) is 12.1 Å². The van der Waals surface area contributed by atoms with E-state index in [1.807, 2.05) is 26.0 Å². The molecule has 0 saturated carbocycles. The van der Waals surface area contributed by atoms with Gasteiger partial charge in [0.15, 0.2) is 0 Å². The van der Waals surface area contributed by atoms with E-state index < -0.39 is 0 Å². The summed E-state index contributed by atoms with van der Waals surface area (Å²) in [5.74, 6) is 0.892. The molecule has 0 fully saturated rings. The van der Waals surface area contributed by atoms with E-state index in [0.29, 0.717) is 6.61 Å². The largest absolute Gasteiger partial charge is 0.490 e. The van der Waals surface area contributed by atoms with Crippen LogP contribution in [-0.2, 0) is 4.74 Å². The third kappa shape index (κ3) is 4.36. The third-order valence-corrected chi connectivity index (χ3v) is 2.72. The van der Waals surface area contributed by atoms with E-state index in [4.69, 9.17) is 15.2 Å². The van der Waals surface area contributed by atoms with Crippen molar-refractivity contribution in [2.75, 3.05) is 13.7 Å². The molecule has 0 aliphatic carbocycles. The monoisotopic (exact) mass is 237 g/mol. The lowest BCUT2D eigenvalue weighted by atomic mass is 10.1. The van der Waals surface area contributed by atoms with E-state index in [0.717, 1.165) is 17.7 Å². The van der Waals surface area contributed by atoms with Crippen LogP contribution in [0.4, 0.5) is 0 Å². The Morgan fingerprint density at radius 1 is 1.29 bits per heavy atom. The van der Waals surface area contributed by atoms with Crippen LogP contribution in [0.15, 0.2) is 18.2 Å². The molecule has 0 aliphatic heterocycles. The molecule has 0 radical (unpaired) electrons. The van der Waals surface area contributed by atoms with Gasteiger partial charge in [0, 0.05) is 31.7 Å². The van der Waals surface area contributed by atoms with E-state index in [2.05, 4.69) is 13.0 Å². The molecule has 1 rings (SSSR count). The zero-order valence-corrected chi connectivity index (χ0v) is 11.2. The number of hydrogen-bond acceptors (Lipinski definition) is 3. The number of rotatable bonds is 6. The molecular formula is C14H23NO2. The zero-order chi connectivity index (χ0) is 12.8. The summed E-state index contributed by atoms with van der Waals surface area (Å²) in [5.41, 5.74) is 8.17. The fourth-order valence-corrected chi connectivity index (χ4v) is 1.68. The first-order valence-electron chi connectivity index (χ1n) is 6.06. The van der Waals surface area contributed by atoms with E-state index in [1.54, 1.807) is 7.11 Å². The summed E-state index contributed by atoms with van der Waals surface area (Å²) >= 11 is 0. The Hall–Kier alpha value is -1.06. The van der Waals surface area contributed by atoms with Gasteiger partial charge in [0.05, 0.1) is 6.10 Å². The van der Waals surface area contributed by atoms with Gasteiger partial charge < -0.3 is 15.2 Å². The molecule has 0 heterocycles. The van der Waals surface area contributed by atoms with Crippen molar-refractivity contribution < 1.29 is 9.47 Å². The molecule has 17 heavy (non-hydrogen) atoms. The van der Waals surface area contributed by atoms with Crippen LogP contribution < -0.4 is 10.5 Å². The summed E-state index contributed by atoms with van der Waals surface area (Å²) < 4.78 is 11.0. The minimum atomic E-state index is -0.0137. The molecule has 2 N–H and O–H groups in total. The van der Waals surface area contributed by atoms with Gasteiger partial charge in [-0.2, -0.15) is 0 Å². The maximum absolute atomic E-state index is 5.94. The number of aryl methyl sites for hydroxylation is 1.